The number of hydrogen-bond donors (Lipinski definition) is 0. The predicted molar refractivity (Wildman–Crippen MR) is 108 cm³/mol. The minimum Gasteiger partial charge on any atom is -0.497 e. The SMILES string of the molecule is COc1ccc2c(c1)CCCC2CC(=O)N(C)C(C)c1cccc([N+](=O)[O-])c1. The van der Waals surface area contributed by atoms with Gasteiger partial charge in [0.15, 0.2) is 0 Å². The van der Waals surface area contributed by atoms with Crippen LogP contribution in [0.15, 0.2) is 42.5 Å². The third-order valence-corrected chi connectivity index (χ3v) is 5.75. The van der Waals surface area contributed by atoms with Crippen molar-refractivity contribution in [3.63, 3.8) is 0 Å². The fourth-order valence-corrected chi connectivity index (χ4v) is 3.92. The number of hydrogen-bond acceptors (Lipinski definition) is 4. The van der Waals surface area contributed by atoms with E-state index < -0.39 is 4.92 Å². The van der Waals surface area contributed by atoms with Gasteiger partial charge < -0.3 is 9.64 Å². The number of benzene rings is 2. The van der Waals surface area contributed by atoms with Gasteiger partial charge in [-0.2, -0.15) is 0 Å². The maximum Gasteiger partial charge on any atom is 0.269 e. The summed E-state index contributed by atoms with van der Waals surface area (Å²) in [7, 11) is 3.43. The Kier molecular flexibility index (Phi) is 5.97. The number of carbonyl (C=O) groups excluding carboxylic acids is 1. The third-order valence-electron chi connectivity index (χ3n) is 5.75. The van der Waals surface area contributed by atoms with E-state index in [1.807, 2.05) is 19.1 Å². The van der Waals surface area contributed by atoms with E-state index in [2.05, 4.69) is 12.1 Å². The summed E-state index contributed by atoms with van der Waals surface area (Å²) in [5, 5.41) is 11.0. The van der Waals surface area contributed by atoms with E-state index in [-0.39, 0.29) is 23.6 Å². The van der Waals surface area contributed by atoms with Crippen molar-refractivity contribution in [2.24, 2.45) is 0 Å². The van der Waals surface area contributed by atoms with Crippen LogP contribution >= 0.6 is 0 Å². The van der Waals surface area contributed by atoms with Crippen molar-refractivity contribution in [1.29, 1.82) is 0 Å². The lowest BCUT2D eigenvalue weighted by Gasteiger charge is -2.30. The molecule has 2 aromatic rings. The van der Waals surface area contributed by atoms with E-state index in [9.17, 15) is 14.9 Å². The molecule has 2 aromatic carbocycles. The zero-order valence-corrected chi connectivity index (χ0v) is 16.6. The molecule has 0 fully saturated rings. The highest BCUT2D eigenvalue weighted by atomic mass is 16.6. The molecule has 6 heteroatoms. The summed E-state index contributed by atoms with van der Waals surface area (Å²) < 4.78 is 5.32. The first kappa shape index (κ1) is 19.9. The molecule has 6 nitrogen and oxygen atoms in total. The van der Waals surface area contributed by atoms with Crippen LogP contribution in [0.2, 0.25) is 0 Å². The van der Waals surface area contributed by atoms with Crippen LogP contribution in [0.1, 0.15) is 54.8 Å². The summed E-state index contributed by atoms with van der Waals surface area (Å²) in [6.07, 6.45) is 3.50. The van der Waals surface area contributed by atoms with Gasteiger partial charge in [0.2, 0.25) is 5.91 Å². The highest BCUT2D eigenvalue weighted by molar-refractivity contribution is 5.77. The van der Waals surface area contributed by atoms with Crippen LogP contribution in [0.5, 0.6) is 5.75 Å². The zero-order valence-electron chi connectivity index (χ0n) is 16.6. The molecule has 2 unspecified atom stereocenters. The van der Waals surface area contributed by atoms with Crippen molar-refractivity contribution < 1.29 is 14.5 Å². The Morgan fingerprint density at radius 2 is 2.11 bits per heavy atom. The molecule has 148 valence electrons. The summed E-state index contributed by atoms with van der Waals surface area (Å²) >= 11 is 0. The van der Waals surface area contributed by atoms with Gasteiger partial charge in [0.05, 0.1) is 18.1 Å². The molecule has 3 rings (SSSR count). The van der Waals surface area contributed by atoms with E-state index in [0.717, 1.165) is 30.6 Å². The highest BCUT2D eigenvalue weighted by Gasteiger charge is 2.26. The number of nitro groups is 1. The van der Waals surface area contributed by atoms with Crippen LogP contribution in [-0.4, -0.2) is 29.9 Å². The molecule has 0 N–H and O–H groups in total. The maximum absolute atomic E-state index is 12.9. The van der Waals surface area contributed by atoms with E-state index in [4.69, 9.17) is 4.74 Å². The Hall–Kier alpha value is -2.89. The lowest BCUT2D eigenvalue weighted by Crippen LogP contribution is -2.31. The maximum atomic E-state index is 12.9. The fourth-order valence-electron chi connectivity index (χ4n) is 3.92. The topological polar surface area (TPSA) is 72.7 Å². The number of amides is 1. The molecule has 1 aliphatic rings. The molecule has 2 atom stereocenters. The number of aryl methyl sites for hydroxylation is 1. The summed E-state index contributed by atoms with van der Waals surface area (Å²) in [6.45, 7) is 1.90. The van der Waals surface area contributed by atoms with Crippen molar-refractivity contribution in [3.05, 3.63) is 69.3 Å². The fraction of sp³-hybridized carbons (Fsp3) is 0.409. The Morgan fingerprint density at radius 1 is 1.32 bits per heavy atom. The average molecular weight is 382 g/mol. The van der Waals surface area contributed by atoms with Gasteiger partial charge in [-0.3, -0.25) is 14.9 Å². The first-order valence-corrected chi connectivity index (χ1v) is 9.57. The lowest BCUT2D eigenvalue weighted by atomic mass is 9.80. The highest BCUT2D eigenvalue weighted by Crippen LogP contribution is 2.36. The molecule has 0 heterocycles. The molecule has 1 aliphatic carbocycles. The molecular weight excluding hydrogens is 356 g/mol. The molecular formula is C22H26N2O4. The van der Waals surface area contributed by atoms with Gasteiger partial charge in [0, 0.05) is 25.6 Å². The number of carbonyl (C=O) groups is 1. The number of ether oxygens (including phenoxy) is 1. The van der Waals surface area contributed by atoms with Crippen molar-refractivity contribution >= 4 is 11.6 Å². The van der Waals surface area contributed by atoms with E-state index in [1.54, 1.807) is 25.1 Å². The number of fused-ring (bicyclic) bond motifs is 1. The van der Waals surface area contributed by atoms with Gasteiger partial charge in [-0.1, -0.05) is 18.2 Å². The van der Waals surface area contributed by atoms with E-state index in [1.165, 1.54) is 23.3 Å². The predicted octanol–water partition coefficient (Wildman–Crippen LogP) is 4.63. The summed E-state index contributed by atoms with van der Waals surface area (Å²) in [4.78, 5) is 25.2. The molecule has 28 heavy (non-hydrogen) atoms. The van der Waals surface area contributed by atoms with Gasteiger partial charge in [0.25, 0.3) is 5.69 Å². The van der Waals surface area contributed by atoms with Crippen LogP contribution in [-0.2, 0) is 11.2 Å². The first-order valence-electron chi connectivity index (χ1n) is 9.57. The standard InChI is InChI=1S/C22H26N2O4/c1-15(16-6-5-9-19(12-16)24(26)27)23(2)22(25)14-18-8-4-7-17-13-20(28-3)10-11-21(17)18/h5-6,9-13,15,18H,4,7-8,14H2,1-3H3. The Bertz CT molecular complexity index is 881. The second kappa shape index (κ2) is 8.42. The second-order valence-corrected chi connectivity index (χ2v) is 7.39. The quantitative estimate of drug-likeness (QED) is 0.539. The molecule has 0 aromatic heterocycles. The molecule has 1 amide bonds. The van der Waals surface area contributed by atoms with Crippen molar-refractivity contribution in [2.45, 2.75) is 44.6 Å². The summed E-state index contributed by atoms with van der Waals surface area (Å²) in [5.41, 5.74) is 3.30. The third kappa shape index (κ3) is 4.16. The number of rotatable bonds is 6. The minimum atomic E-state index is -0.411. The average Bonchev–Trinajstić information content (AvgIpc) is 2.72. The van der Waals surface area contributed by atoms with Gasteiger partial charge in [-0.15, -0.1) is 0 Å². The van der Waals surface area contributed by atoms with Crippen LogP contribution in [0, 0.1) is 10.1 Å². The van der Waals surface area contributed by atoms with Crippen molar-refractivity contribution in [3.8, 4) is 5.75 Å². The van der Waals surface area contributed by atoms with Crippen LogP contribution in [0.3, 0.4) is 0 Å². The van der Waals surface area contributed by atoms with Crippen molar-refractivity contribution in [2.75, 3.05) is 14.2 Å². The monoisotopic (exact) mass is 382 g/mol. The Balaban J connectivity index is 1.73. The first-order chi connectivity index (χ1) is 13.4. The number of nitrogens with zero attached hydrogens (tertiary/aromatic N) is 2. The smallest absolute Gasteiger partial charge is 0.269 e. The number of non-ortho nitro benzene ring substituents is 1. The second-order valence-electron chi connectivity index (χ2n) is 7.39. The molecule has 0 radical (unpaired) electrons. The normalized spacial score (nSPS) is 16.8. The van der Waals surface area contributed by atoms with Gasteiger partial charge in [0.1, 0.15) is 5.75 Å². The summed E-state index contributed by atoms with van der Waals surface area (Å²) in [5.74, 6) is 1.09. The van der Waals surface area contributed by atoms with Gasteiger partial charge >= 0.3 is 0 Å². The van der Waals surface area contributed by atoms with Gasteiger partial charge in [-0.25, -0.2) is 0 Å². The Morgan fingerprint density at radius 3 is 2.82 bits per heavy atom. The summed E-state index contributed by atoms with van der Waals surface area (Å²) in [6, 6.07) is 12.4. The molecule has 0 saturated carbocycles. The molecule has 0 aliphatic heterocycles. The molecule has 0 saturated heterocycles. The minimum absolute atomic E-state index is 0.0420. The molecule has 0 spiro atoms. The van der Waals surface area contributed by atoms with E-state index in [0.29, 0.717) is 6.42 Å². The van der Waals surface area contributed by atoms with Crippen LogP contribution in [0.25, 0.3) is 0 Å². The van der Waals surface area contributed by atoms with Crippen LogP contribution in [0.4, 0.5) is 5.69 Å². The number of nitro benzene ring substituents is 1. The van der Waals surface area contributed by atoms with E-state index >= 15 is 0 Å². The lowest BCUT2D eigenvalue weighted by molar-refractivity contribution is -0.384. The van der Waals surface area contributed by atoms with Crippen LogP contribution < -0.4 is 4.74 Å². The largest absolute Gasteiger partial charge is 0.497 e. The van der Waals surface area contributed by atoms with Crippen molar-refractivity contribution in [1.82, 2.24) is 4.90 Å². The Labute approximate surface area is 165 Å². The number of methoxy groups -OCH3 is 1. The van der Waals surface area contributed by atoms with Gasteiger partial charge in [-0.05, 0) is 60.9 Å². The molecule has 0 bridgehead atoms. The zero-order chi connectivity index (χ0) is 20.3.